The summed E-state index contributed by atoms with van der Waals surface area (Å²) in [4.78, 5) is 19.0. The molecule has 6 atom stereocenters. The average molecular weight is 469 g/mol. The third kappa shape index (κ3) is 4.41. The number of aryl methyl sites for hydroxylation is 1. The van der Waals surface area contributed by atoms with Crippen LogP contribution in [0.5, 0.6) is 0 Å². The summed E-state index contributed by atoms with van der Waals surface area (Å²) in [6.45, 7) is 10.2. The van der Waals surface area contributed by atoms with Crippen molar-refractivity contribution in [1.29, 1.82) is 0 Å². The Balaban J connectivity index is 1.22. The molecule has 0 aromatic carbocycles. The van der Waals surface area contributed by atoms with Gasteiger partial charge in [-0.3, -0.25) is 4.98 Å². The van der Waals surface area contributed by atoms with E-state index in [2.05, 4.69) is 37.9 Å². The highest BCUT2D eigenvalue weighted by molar-refractivity contribution is 5.72. The standard InChI is InChI=1S/C27H36N2O5/c1-17(2)6-9-22-26(4,34-22)24-23(31-5)21(10-11-27(24)16-32-27)33-25(30)29-14-20(15-29)12-19-8-7-18(3)28-13-19/h6-8,12-13,21-24H,9-11,14-16H2,1-5H3/t21?,22-,23?,24?,26+,27?/m1/s1. The van der Waals surface area contributed by atoms with Gasteiger partial charge in [-0.2, -0.15) is 0 Å². The summed E-state index contributed by atoms with van der Waals surface area (Å²) in [5.74, 6) is 0.0352. The van der Waals surface area contributed by atoms with Gasteiger partial charge in [-0.15, -0.1) is 0 Å². The second-order valence-corrected chi connectivity index (χ2v) is 10.7. The number of amides is 1. The molecule has 184 valence electrons. The number of epoxide rings is 2. The first-order chi connectivity index (χ1) is 16.2. The molecule has 3 aliphatic heterocycles. The number of hydrogen-bond donors (Lipinski definition) is 0. The number of aromatic nitrogens is 1. The van der Waals surface area contributed by atoms with E-state index in [9.17, 15) is 4.79 Å². The average Bonchev–Trinajstić information content (AvgIpc) is 3.68. The van der Waals surface area contributed by atoms with Gasteiger partial charge >= 0.3 is 6.09 Å². The van der Waals surface area contributed by atoms with Gasteiger partial charge in [-0.25, -0.2) is 4.79 Å². The predicted molar refractivity (Wildman–Crippen MR) is 128 cm³/mol. The number of allylic oxidation sites excluding steroid dienone is 1. The topological polar surface area (TPSA) is 76.7 Å². The SMILES string of the molecule is COC1C(OC(=O)N2CC(=Cc3ccc(C)nc3)C2)CCC2(CO2)C1[C@@]1(C)O[C@@H]1CC=C(C)C. The first-order valence-corrected chi connectivity index (χ1v) is 12.3. The Kier molecular flexibility index (Phi) is 6.07. The number of hydrogen-bond acceptors (Lipinski definition) is 6. The van der Waals surface area contributed by atoms with E-state index in [1.54, 1.807) is 12.0 Å². The van der Waals surface area contributed by atoms with Crippen molar-refractivity contribution in [2.75, 3.05) is 26.8 Å². The van der Waals surface area contributed by atoms with E-state index >= 15 is 0 Å². The molecular weight excluding hydrogens is 432 g/mol. The monoisotopic (exact) mass is 468 g/mol. The summed E-state index contributed by atoms with van der Waals surface area (Å²) in [6.07, 6.45) is 7.95. The Morgan fingerprint density at radius 1 is 1.32 bits per heavy atom. The molecule has 1 aromatic heterocycles. The smallest absolute Gasteiger partial charge is 0.410 e. The lowest BCUT2D eigenvalue weighted by Crippen LogP contribution is -2.57. The number of pyridine rings is 1. The molecule has 0 bridgehead atoms. The number of rotatable bonds is 6. The van der Waals surface area contributed by atoms with Gasteiger partial charge in [0.1, 0.15) is 23.4 Å². The van der Waals surface area contributed by atoms with E-state index in [1.807, 2.05) is 25.3 Å². The van der Waals surface area contributed by atoms with Crippen molar-refractivity contribution in [3.05, 3.63) is 46.8 Å². The van der Waals surface area contributed by atoms with Gasteiger partial charge in [0.2, 0.25) is 0 Å². The predicted octanol–water partition coefficient (Wildman–Crippen LogP) is 4.30. The third-order valence-electron chi connectivity index (χ3n) is 7.84. The molecule has 5 rings (SSSR count). The molecule has 4 heterocycles. The molecular formula is C27H36N2O5. The number of methoxy groups -OCH3 is 1. The van der Waals surface area contributed by atoms with Crippen LogP contribution in [0.1, 0.15) is 51.3 Å². The van der Waals surface area contributed by atoms with Gasteiger partial charge < -0.3 is 23.8 Å². The summed E-state index contributed by atoms with van der Waals surface area (Å²) in [7, 11) is 1.71. The maximum atomic E-state index is 12.9. The van der Waals surface area contributed by atoms with Crippen LogP contribution in [-0.4, -0.2) is 72.3 Å². The molecule has 34 heavy (non-hydrogen) atoms. The Bertz CT molecular complexity index is 987. The fraction of sp³-hybridized carbons (Fsp3) is 0.630. The highest BCUT2D eigenvalue weighted by Crippen LogP contribution is 2.59. The molecule has 0 N–H and O–H groups in total. The summed E-state index contributed by atoms with van der Waals surface area (Å²) in [5, 5.41) is 0. The number of likely N-dealkylation sites (tertiary alicyclic amines) is 1. The minimum absolute atomic E-state index is 0.0352. The van der Waals surface area contributed by atoms with Crippen molar-refractivity contribution in [1.82, 2.24) is 9.88 Å². The van der Waals surface area contributed by atoms with Crippen molar-refractivity contribution in [3.8, 4) is 0 Å². The van der Waals surface area contributed by atoms with Crippen LogP contribution in [0.15, 0.2) is 35.6 Å². The molecule has 0 radical (unpaired) electrons. The van der Waals surface area contributed by atoms with E-state index in [0.717, 1.165) is 37.1 Å². The highest BCUT2D eigenvalue weighted by atomic mass is 16.6. The van der Waals surface area contributed by atoms with E-state index < -0.39 is 0 Å². The molecule has 1 amide bonds. The molecule has 7 nitrogen and oxygen atoms in total. The molecule has 3 saturated heterocycles. The first kappa shape index (κ1) is 23.5. The lowest BCUT2D eigenvalue weighted by atomic mass is 9.68. The zero-order valence-electron chi connectivity index (χ0n) is 20.9. The van der Waals surface area contributed by atoms with Gasteiger partial charge in [0, 0.05) is 32.1 Å². The fourth-order valence-electron chi connectivity index (χ4n) is 5.74. The first-order valence-electron chi connectivity index (χ1n) is 12.3. The van der Waals surface area contributed by atoms with Gasteiger partial charge in [-0.1, -0.05) is 23.8 Å². The van der Waals surface area contributed by atoms with Crippen LogP contribution >= 0.6 is 0 Å². The van der Waals surface area contributed by atoms with Crippen molar-refractivity contribution in [2.45, 2.75) is 76.5 Å². The summed E-state index contributed by atoms with van der Waals surface area (Å²) < 4.78 is 24.2. The Hall–Kier alpha value is -2.22. The largest absolute Gasteiger partial charge is 0.443 e. The number of nitrogens with zero attached hydrogens (tertiary/aromatic N) is 2. The van der Waals surface area contributed by atoms with Crippen LogP contribution in [-0.2, 0) is 18.9 Å². The van der Waals surface area contributed by atoms with Crippen LogP contribution in [0.2, 0.25) is 0 Å². The van der Waals surface area contributed by atoms with Gasteiger partial charge in [0.05, 0.1) is 18.6 Å². The van der Waals surface area contributed by atoms with Crippen molar-refractivity contribution in [3.63, 3.8) is 0 Å². The van der Waals surface area contributed by atoms with Crippen LogP contribution in [0, 0.1) is 12.8 Å². The summed E-state index contributed by atoms with van der Waals surface area (Å²) >= 11 is 0. The summed E-state index contributed by atoms with van der Waals surface area (Å²) in [5.41, 5.74) is 3.98. The van der Waals surface area contributed by atoms with Crippen molar-refractivity contribution < 1.29 is 23.7 Å². The Labute approximate surface area is 202 Å². The second-order valence-electron chi connectivity index (χ2n) is 10.7. The molecule has 1 spiro atoms. The van der Waals surface area contributed by atoms with Crippen LogP contribution < -0.4 is 0 Å². The molecule has 1 aromatic rings. The van der Waals surface area contributed by atoms with E-state index in [-0.39, 0.29) is 41.5 Å². The van der Waals surface area contributed by atoms with Gasteiger partial charge in [0.15, 0.2) is 0 Å². The van der Waals surface area contributed by atoms with Crippen molar-refractivity contribution in [2.24, 2.45) is 5.92 Å². The molecule has 4 aliphatic rings. The number of carbonyl (C=O) groups is 1. The Morgan fingerprint density at radius 3 is 2.71 bits per heavy atom. The van der Waals surface area contributed by atoms with E-state index in [0.29, 0.717) is 13.1 Å². The Morgan fingerprint density at radius 2 is 2.09 bits per heavy atom. The lowest BCUT2D eigenvalue weighted by Gasteiger charge is -2.43. The zero-order chi connectivity index (χ0) is 24.1. The third-order valence-corrected chi connectivity index (χ3v) is 7.84. The van der Waals surface area contributed by atoms with E-state index in [1.165, 1.54) is 11.1 Å². The maximum Gasteiger partial charge on any atom is 0.410 e. The quantitative estimate of drug-likeness (QED) is 0.458. The fourth-order valence-corrected chi connectivity index (χ4v) is 5.74. The molecule has 1 aliphatic carbocycles. The lowest BCUT2D eigenvalue weighted by molar-refractivity contribution is -0.122. The van der Waals surface area contributed by atoms with Gasteiger partial charge in [0.25, 0.3) is 0 Å². The van der Waals surface area contributed by atoms with Crippen LogP contribution in [0.25, 0.3) is 6.08 Å². The molecule has 7 heteroatoms. The molecule has 4 fully saturated rings. The minimum Gasteiger partial charge on any atom is -0.443 e. The summed E-state index contributed by atoms with van der Waals surface area (Å²) in [6, 6.07) is 4.04. The van der Waals surface area contributed by atoms with Crippen LogP contribution in [0.3, 0.4) is 0 Å². The van der Waals surface area contributed by atoms with Crippen molar-refractivity contribution >= 4 is 12.2 Å². The normalized spacial score (nSPS) is 36.0. The van der Waals surface area contributed by atoms with Crippen LogP contribution in [0.4, 0.5) is 4.79 Å². The van der Waals surface area contributed by atoms with E-state index in [4.69, 9.17) is 18.9 Å². The molecule has 1 saturated carbocycles. The molecule has 4 unspecified atom stereocenters. The van der Waals surface area contributed by atoms with Gasteiger partial charge in [-0.05, 0) is 64.2 Å². The second kappa shape index (κ2) is 8.77. The minimum atomic E-state index is -0.330. The highest BCUT2D eigenvalue weighted by Gasteiger charge is 2.72. The number of ether oxygens (including phenoxy) is 4. The number of carbonyl (C=O) groups excluding carboxylic acids is 1. The maximum absolute atomic E-state index is 12.9. The zero-order valence-corrected chi connectivity index (χ0v) is 20.9.